The first-order valence-corrected chi connectivity index (χ1v) is 14.7. The highest BCUT2D eigenvalue weighted by Gasteiger charge is 2.38. The lowest BCUT2D eigenvalue weighted by Crippen LogP contribution is -2.57. The summed E-state index contributed by atoms with van der Waals surface area (Å²) in [5.41, 5.74) is 2.47. The van der Waals surface area contributed by atoms with Crippen LogP contribution in [0.2, 0.25) is 0 Å². The quantitative estimate of drug-likeness (QED) is 0.187. The molecule has 0 saturated carbocycles. The summed E-state index contributed by atoms with van der Waals surface area (Å²) in [6.45, 7) is 4.41. The first-order valence-electron chi connectivity index (χ1n) is 14.7. The summed E-state index contributed by atoms with van der Waals surface area (Å²) in [6.07, 6.45) is 1.51. The number of nitrogens with zero attached hydrogens (tertiary/aromatic N) is 2. The second-order valence-electron chi connectivity index (χ2n) is 11.1. The predicted octanol–water partition coefficient (Wildman–Crippen LogP) is 0.131. The van der Waals surface area contributed by atoms with Gasteiger partial charge in [0.05, 0.1) is 51.2 Å². The Morgan fingerprint density at radius 3 is 2.36 bits per heavy atom. The van der Waals surface area contributed by atoms with Crippen LogP contribution in [0.1, 0.15) is 18.1 Å². The molecule has 0 spiro atoms. The molecule has 13 nitrogen and oxygen atoms in total. The Kier molecular flexibility index (Phi) is 10.2. The van der Waals surface area contributed by atoms with E-state index >= 15 is 0 Å². The molecule has 4 N–H and O–H groups in total. The minimum atomic E-state index is -1.03. The van der Waals surface area contributed by atoms with Crippen molar-refractivity contribution in [1.82, 2.24) is 31.0 Å². The van der Waals surface area contributed by atoms with Gasteiger partial charge in [0.2, 0.25) is 17.7 Å². The Hall–Kier alpha value is -4.33. The van der Waals surface area contributed by atoms with Gasteiger partial charge in [-0.1, -0.05) is 18.2 Å². The number of carbonyl (C=O) groups is 4. The molecule has 3 amide bonds. The van der Waals surface area contributed by atoms with E-state index in [0.717, 1.165) is 22.0 Å². The van der Waals surface area contributed by atoms with Gasteiger partial charge in [-0.05, 0) is 48.7 Å². The molecule has 0 aliphatic carbocycles. The van der Waals surface area contributed by atoms with Crippen molar-refractivity contribution in [1.29, 1.82) is 0 Å². The van der Waals surface area contributed by atoms with Crippen LogP contribution in [0.4, 0.5) is 0 Å². The summed E-state index contributed by atoms with van der Waals surface area (Å²) >= 11 is 0. The average Bonchev–Trinajstić information content (AvgIpc) is 3.77. The molecule has 44 heavy (non-hydrogen) atoms. The Morgan fingerprint density at radius 2 is 1.66 bits per heavy atom. The van der Waals surface area contributed by atoms with Gasteiger partial charge in [-0.25, -0.2) is 0 Å². The van der Waals surface area contributed by atoms with Crippen molar-refractivity contribution < 1.29 is 33.4 Å². The van der Waals surface area contributed by atoms with Gasteiger partial charge in [0, 0.05) is 24.9 Å². The first kappa shape index (κ1) is 31.1. The number of fused-ring (bicyclic) bond motifs is 1. The van der Waals surface area contributed by atoms with E-state index in [2.05, 4.69) is 26.1 Å². The van der Waals surface area contributed by atoms with E-state index in [4.69, 9.17) is 14.2 Å². The molecule has 2 aliphatic rings. The van der Waals surface area contributed by atoms with Gasteiger partial charge in [0.1, 0.15) is 23.9 Å². The van der Waals surface area contributed by atoms with Gasteiger partial charge in [0.25, 0.3) is 0 Å². The number of ether oxygens (including phenoxy) is 3. The number of methoxy groups -OCH3 is 1. The summed E-state index contributed by atoms with van der Waals surface area (Å²) in [5.74, 6) is -0.920. The number of aromatic amines is 1. The van der Waals surface area contributed by atoms with Gasteiger partial charge in [-0.15, -0.1) is 0 Å². The van der Waals surface area contributed by atoms with Crippen LogP contribution >= 0.6 is 0 Å². The van der Waals surface area contributed by atoms with E-state index < -0.39 is 36.0 Å². The first-order chi connectivity index (χ1) is 21.3. The van der Waals surface area contributed by atoms with E-state index in [0.29, 0.717) is 38.7 Å². The highest BCUT2D eigenvalue weighted by molar-refractivity contribution is 5.97. The number of aromatic nitrogens is 2. The molecule has 0 bridgehead atoms. The molecule has 2 fully saturated rings. The number of rotatable bonds is 14. The van der Waals surface area contributed by atoms with Gasteiger partial charge < -0.3 is 30.2 Å². The standard InChI is InChI=1S/C31H38N6O7/c1-19(33-28(38)17-37-9-11-43-12-10-37)30(40)35-26(14-20-3-6-23(42-2)7-4-20)31(41)34-25(29(39)27-18-44-27)15-21-5-8-24-22(13-21)16-32-36-24/h3-8,13,16,19,25-27H,9-12,14-15,17-18H2,1-2H3,(H,32,36)(H,33,38)(H,34,41)(H,35,40)/t19-,25-,26-,27+/m0/s1. The Balaban J connectivity index is 1.28. The Labute approximate surface area is 255 Å². The molecule has 2 saturated heterocycles. The molecule has 0 radical (unpaired) electrons. The lowest BCUT2D eigenvalue weighted by atomic mass is 9.98. The molecule has 2 aliphatic heterocycles. The van der Waals surface area contributed by atoms with Crippen molar-refractivity contribution in [2.24, 2.45) is 0 Å². The maximum absolute atomic E-state index is 13.8. The zero-order valence-electron chi connectivity index (χ0n) is 24.8. The van der Waals surface area contributed by atoms with Crippen LogP contribution < -0.4 is 20.7 Å². The molecule has 13 heteroatoms. The third-order valence-electron chi connectivity index (χ3n) is 7.73. The fourth-order valence-electron chi connectivity index (χ4n) is 5.11. The number of carbonyl (C=O) groups excluding carboxylic acids is 4. The van der Waals surface area contributed by atoms with E-state index in [1.165, 1.54) is 0 Å². The van der Waals surface area contributed by atoms with Crippen molar-refractivity contribution in [3.63, 3.8) is 0 Å². The van der Waals surface area contributed by atoms with Gasteiger partial charge in [0.15, 0.2) is 5.78 Å². The van der Waals surface area contributed by atoms with Crippen LogP contribution in [0.25, 0.3) is 10.9 Å². The van der Waals surface area contributed by atoms with Gasteiger partial charge in [-0.2, -0.15) is 5.10 Å². The number of Topliss-reactive ketones (excluding diaryl/α,β-unsaturated/α-hetero) is 1. The zero-order valence-corrected chi connectivity index (χ0v) is 24.8. The maximum Gasteiger partial charge on any atom is 0.243 e. The topological polar surface area (TPSA) is 167 Å². The molecular formula is C31H38N6O7. The molecule has 4 atom stereocenters. The number of H-pyrrole nitrogens is 1. The predicted molar refractivity (Wildman–Crippen MR) is 160 cm³/mol. The summed E-state index contributed by atoms with van der Waals surface area (Å²) in [5, 5.41) is 16.2. The number of hydrogen-bond donors (Lipinski definition) is 4. The number of amides is 3. The van der Waals surface area contributed by atoms with Crippen LogP contribution in [0.3, 0.4) is 0 Å². The van der Waals surface area contributed by atoms with Crippen molar-refractivity contribution in [3.8, 4) is 5.75 Å². The molecule has 3 aromatic rings. The third kappa shape index (κ3) is 8.40. The van der Waals surface area contributed by atoms with E-state index in [1.54, 1.807) is 44.5 Å². The molecule has 5 rings (SSSR count). The second kappa shape index (κ2) is 14.4. The number of epoxide rings is 1. The SMILES string of the molecule is COc1ccc(C[C@H](NC(=O)[C@H](C)NC(=O)CN2CCOCC2)C(=O)N[C@@H](Cc2ccc3[nH]ncc3c2)C(=O)[C@H]2CO2)cc1. The summed E-state index contributed by atoms with van der Waals surface area (Å²) < 4.78 is 15.8. The highest BCUT2D eigenvalue weighted by Crippen LogP contribution is 2.19. The molecular weight excluding hydrogens is 568 g/mol. The third-order valence-corrected chi connectivity index (χ3v) is 7.73. The fraction of sp³-hybridized carbons (Fsp3) is 0.452. The van der Waals surface area contributed by atoms with Crippen LogP contribution in [0.15, 0.2) is 48.7 Å². The van der Waals surface area contributed by atoms with Crippen LogP contribution in [0.5, 0.6) is 5.75 Å². The van der Waals surface area contributed by atoms with Crippen LogP contribution in [0, 0.1) is 0 Å². The van der Waals surface area contributed by atoms with E-state index in [-0.39, 0.29) is 31.1 Å². The molecule has 2 aromatic carbocycles. The molecule has 3 heterocycles. The lowest BCUT2D eigenvalue weighted by molar-refractivity contribution is -0.133. The maximum atomic E-state index is 13.8. The lowest BCUT2D eigenvalue weighted by Gasteiger charge is -2.27. The van der Waals surface area contributed by atoms with Crippen molar-refractivity contribution in [2.75, 3.05) is 46.6 Å². The summed E-state index contributed by atoms with van der Waals surface area (Å²) in [6, 6.07) is 10.0. The normalized spacial score (nSPS) is 18.5. The number of nitrogens with one attached hydrogen (secondary N) is 4. The van der Waals surface area contributed by atoms with Crippen molar-refractivity contribution in [3.05, 3.63) is 59.8 Å². The largest absolute Gasteiger partial charge is 0.497 e. The molecule has 1 aromatic heterocycles. The van der Waals surface area contributed by atoms with E-state index in [1.807, 2.05) is 23.1 Å². The molecule has 234 valence electrons. The zero-order chi connectivity index (χ0) is 31.1. The smallest absolute Gasteiger partial charge is 0.243 e. The monoisotopic (exact) mass is 606 g/mol. The molecule has 0 unspecified atom stereocenters. The van der Waals surface area contributed by atoms with Crippen molar-refractivity contribution in [2.45, 2.75) is 44.0 Å². The summed E-state index contributed by atoms with van der Waals surface area (Å²) in [7, 11) is 1.56. The highest BCUT2D eigenvalue weighted by atomic mass is 16.6. The van der Waals surface area contributed by atoms with Crippen molar-refractivity contribution >= 4 is 34.4 Å². The van der Waals surface area contributed by atoms with Crippen LogP contribution in [-0.2, 0) is 41.5 Å². The second-order valence-corrected chi connectivity index (χ2v) is 11.1. The van der Waals surface area contributed by atoms with E-state index in [9.17, 15) is 19.2 Å². The van der Waals surface area contributed by atoms with Crippen LogP contribution in [-0.4, -0.2) is 109 Å². The minimum Gasteiger partial charge on any atom is -0.497 e. The van der Waals surface area contributed by atoms with Gasteiger partial charge >= 0.3 is 0 Å². The summed E-state index contributed by atoms with van der Waals surface area (Å²) in [4.78, 5) is 54.8. The minimum absolute atomic E-state index is 0.147. The Bertz CT molecular complexity index is 1470. The number of benzene rings is 2. The number of morpholine rings is 1. The number of ketones is 1. The average molecular weight is 607 g/mol. The Morgan fingerprint density at radius 1 is 0.977 bits per heavy atom. The number of hydrogen-bond acceptors (Lipinski definition) is 9. The van der Waals surface area contributed by atoms with Gasteiger partial charge in [-0.3, -0.25) is 29.2 Å². The fourth-order valence-corrected chi connectivity index (χ4v) is 5.11.